The molecule has 0 amide bonds. The van der Waals surface area contributed by atoms with Crippen molar-refractivity contribution in [1.29, 1.82) is 0 Å². The molecule has 0 unspecified atom stereocenters. The van der Waals surface area contributed by atoms with Crippen LogP contribution >= 0.6 is 0 Å². The zero-order valence-electron chi connectivity index (χ0n) is 32.9. The lowest BCUT2D eigenvalue weighted by atomic mass is 9.97. The van der Waals surface area contributed by atoms with Crippen molar-refractivity contribution < 1.29 is 14.2 Å². The summed E-state index contributed by atoms with van der Waals surface area (Å²) in [4.78, 5) is 0. The van der Waals surface area contributed by atoms with Gasteiger partial charge in [0.1, 0.15) is 11.5 Å². The minimum atomic E-state index is 0.789. The van der Waals surface area contributed by atoms with Crippen LogP contribution < -0.4 is 4.74 Å². The van der Waals surface area contributed by atoms with Crippen LogP contribution in [0.4, 0.5) is 0 Å². The van der Waals surface area contributed by atoms with E-state index in [-0.39, 0.29) is 0 Å². The van der Waals surface area contributed by atoms with Crippen LogP contribution in [-0.4, -0.2) is 26.4 Å². The first kappa shape index (κ1) is 43.3. The Morgan fingerprint density at radius 3 is 1.08 bits per heavy atom. The van der Waals surface area contributed by atoms with Crippen LogP contribution in [0, 0.1) is 0 Å². The quantitative estimate of drug-likeness (QED) is 0.0690. The highest BCUT2D eigenvalue weighted by molar-refractivity contribution is 5.47. The molecule has 3 nitrogen and oxygen atoms in total. The molecule has 49 heavy (non-hydrogen) atoms. The molecule has 0 saturated carbocycles. The molecular formula is C46H78O3. The third-order valence-electron chi connectivity index (χ3n) is 10.1. The Morgan fingerprint density at radius 1 is 0.347 bits per heavy atom. The van der Waals surface area contributed by atoms with Gasteiger partial charge in [0.15, 0.2) is 0 Å². The lowest BCUT2D eigenvalue weighted by Crippen LogP contribution is -2.07. The summed E-state index contributed by atoms with van der Waals surface area (Å²) in [6.45, 7) is 12.5. The summed E-state index contributed by atoms with van der Waals surface area (Å²) in [7, 11) is 0. The van der Waals surface area contributed by atoms with Gasteiger partial charge in [-0.25, -0.2) is 0 Å². The van der Waals surface area contributed by atoms with E-state index in [0.29, 0.717) is 0 Å². The standard InChI is InChI=1S/C46H78O3/c1-5-9-13-15-17-19-21-25-37-47-39-35-41-29-27-33-45(43(41)31-23-11-7-3)49-46-34-28-30-42(44(46)32-24-12-8-4)36-40-48-38-26-22-20-18-16-14-10-6-2/h27-30,33-34H,5-26,31-32,35-40H2,1-4H3. The molecule has 2 aromatic carbocycles. The molecule has 0 bridgehead atoms. The van der Waals surface area contributed by atoms with Crippen molar-refractivity contribution in [2.75, 3.05) is 26.4 Å². The Bertz CT molecular complexity index is 949. The van der Waals surface area contributed by atoms with E-state index >= 15 is 0 Å². The van der Waals surface area contributed by atoms with Crippen molar-refractivity contribution in [1.82, 2.24) is 0 Å². The fourth-order valence-electron chi connectivity index (χ4n) is 6.92. The monoisotopic (exact) mass is 679 g/mol. The second-order valence-electron chi connectivity index (χ2n) is 14.5. The molecule has 0 aliphatic heterocycles. The van der Waals surface area contributed by atoms with E-state index in [1.54, 1.807) is 0 Å². The second-order valence-corrected chi connectivity index (χ2v) is 14.5. The lowest BCUT2D eigenvalue weighted by Gasteiger charge is -2.19. The lowest BCUT2D eigenvalue weighted by molar-refractivity contribution is 0.132. The van der Waals surface area contributed by atoms with Gasteiger partial charge in [0, 0.05) is 13.2 Å². The third-order valence-corrected chi connectivity index (χ3v) is 10.1. The smallest absolute Gasteiger partial charge is 0.130 e. The average Bonchev–Trinajstić information content (AvgIpc) is 3.11. The minimum absolute atomic E-state index is 0.789. The fraction of sp³-hybridized carbons (Fsp3) is 0.739. The predicted octanol–water partition coefficient (Wildman–Crippen LogP) is 14.3. The van der Waals surface area contributed by atoms with Gasteiger partial charge in [-0.05, 0) is 85.8 Å². The third kappa shape index (κ3) is 20.6. The first-order valence-corrected chi connectivity index (χ1v) is 21.3. The summed E-state index contributed by atoms with van der Waals surface area (Å²) in [5.74, 6) is 2.08. The summed E-state index contributed by atoms with van der Waals surface area (Å²) >= 11 is 0. The van der Waals surface area contributed by atoms with Crippen molar-refractivity contribution in [3.05, 3.63) is 58.7 Å². The molecule has 0 radical (unpaired) electrons. The summed E-state index contributed by atoms with van der Waals surface area (Å²) in [5, 5.41) is 0. The number of hydrogen-bond donors (Lipinski definition) is 0. The zero-order chi connectivity index (χ0) is 35.0. The van der Waals surface area contributed by atoms with Gasteiger partial charge in [-0.3, -0.25) is 0 Å². The molecule has 0 saturated heterocycles. The Balaban J connectivity index is 1.98. The molecule has 0 aliphatic carbocycles. The van der Waals surface area contributed by atoms with Crippen LogP contribution in [0.2, 0.25) is 0 Å². The van der Waals surface area contributed by atoms with Crippen molar-refractivity contribution in [3.8, 4) is 11.5 Å². The molecule has 0 atom stereocenters. The minimum Gasteiger partial charge on any atom is -0.457 e. The Kier molecular flexibility index (Phi) is 27.4. The number of rotatable bonds is 34. The largest absolute Gasteiger partial charge is 0.457 e. The first-order valence-electron chi connectivity index (χ1n) is 21.3. The van der Waals surface area contributed by atoms with Gasteiger partial charge in [-0.2, -0.15) is 0 Å². The highest BCUT2D eigenvalue weighted by Crippen LogP contribution is 2.34. The van der Waals surface area contributed by atoms with Crippen LogP contribution in [0.3, 0.4) is 0 Å². The van der Waals surface area contributed by atoms with Crippen LogP contribution in [-0.2, 0) is 35.2 Å². The van der Waals surface area contributed by atoms with E-state index < -0.39 is 0 Å². The molecule has 0 aromatic heterocycles. The number of benzene rings is 2. The van der Waals surface area contributed by atoms with Gasteiger partial charge in [0.2, 0.25) is 0 Å². The highest BCUT2D eigenvalue weighted by atomic mass is 16.5. The van der Waals surface area contributed by atoms with E-state index in [9.17, 15) is 0 Å². The van der Waals surface area contributed by atoms with Crippen molar-refractivity contribution >= 4 is 0 Å². The van der Waals surface area contributed by atoms with Crippen LogP contribution in [0.25, 0.3) is 0 Å². The van der Waals surface area contributed by atoms with E-state index in [0.717, 1.165) is 63.6 Å². The Labute approximate surface area is 304 Å². The number of hydrogen-bond acceptors (Lipinski definition) is 3. The van der Waals surface area contributed by atoms with Gasteiger partial charge in [0.25, 0.3) is 0 Å². The van der Waals surface area contributed by atoms with E-state index in [2.05, 4.69) is 64.1 Å². The predicted molar refractivity (Wildman–Crippen MR) is 214 cm³/mol. The summed E-state index contributed by atoms with van der Waals surface area (Å²) in [5.41, 5.74) is 5.54. The first-order chi connectivity index (χ1) is 24.2. The molecule has 0 N–H and O–H groups in total. The van der Waals surface area contributed by atoms with E-state index in [1.165, 1.54) is 164 Å². The van der Waals surface area contributed by atoms with Crippen molar-refractivity contribution in [2.24, 2.45) is 0 Å². The van der Waals surface area contributed by atoms with Crippen LogP contribution in [0.5, 0.6) is 11.5 Å². The average molecular weight is 679 g/mol. The maximum atomic E-state index is 6.92. The van der Waals surface area contributed by atoms with Gasteiger partial charge in [-0.15, -0.1) is 0 Å². The molecular weight excluding hydrogens is 601 g/mol. The van der Waals surface area contributed by atoms with Crippen molar-refractivity contribution in [3.63, 3.8) is 0 Å². The summed E-state index contributed by atoms with van der Waals surface area (Å²) in [6.07, 6.45) is 32.8. The van der Waals surface area contributed by atoms with Gasteiger partial charge >= 0.3 is 0 Å². The van der Waals surface area contributed by atoms with Gasteiger partial charge in [-0.1, -0.05) is 168 Å². The maximum absolute atomic E-state index is 6.92. The summed E-state index contributed by atoms with van der Waals surface area (Å²) in [6, 6.07) is 13.4. The maximum Gasteiger partial charge on any atom is 0.130 e. The molecule has 280 valence electrons. The normalized spacial score (nSPS) is 11.4. The molecule has 0 spiro atoms. The SMILES string of the molecule is CCCCCCCCCCOCCc1cccc(Oc2cccc(CCOCCCCCCCCCC)c2CCCCC)c1CCCCC. The second kappa shape index (κ2) is 30.9. The van der Waals surface area contributed by atoms with E-state index in [1.807, 2.05) is 0 Å². The van der Waals surface area contributed by atoms with Gasteiger partial charge in [0.05, 0.1) is 13.2 Å². The van der Waals surface area contributed by atoms with E-state index in [4.69, 9.17) is 14.2 Å². The topological polar surface area (TPSA) is 27.7 Å². The zero-order valence-corrected chi connectivity index (χ0v) is 32.9. The highest BCUT2D eigenvalue weighted by Gasteiger charge is 2.15. The molecule has 0 fully saturated rings. The van der Waals surface area contributed by atoms with Gasteiger partial charge < -0.3 is 14.2 Å². The Hall–Kier alpha value is -1.84. The fourth-order valence-corrected chi connectivity index (χ4v) is 6.92. The number of ether oxygens (including phenoxy) is 3. The molecule has 2 aromatic rings. The number of unbranched alkanes of at least 4 members (excludes halogenated alkanes) is 18. The molecule has 2 rings (SSSR count). The molecule has 3 heteroatoms. The molecule has 0 aliphatic rings. The summed E-state index contributed by atoms with van der Waals surface area (Å²) < 4.78 is 19.2. The van der Waals surface area contributed by atoms with Crippen LogP contribution in [0.15, 0.2) is 36.4 Å². The Morgan fingerprint density at radius 2 is 0.694 bits per heavy atom. The van der Waals surface area contributed by atoms with Crippen LogP contribution in [0.1, 0.15) is 191 Å². The van der Waals surface area contributed by atoms with Crippen molar-refractivity contribution in [2.45, 2.75) is 195 Å². The molecule has 0 heterocycles.